The van der Waals surface area contributed by atoms with Crippen LogP contribution in [0, 0.1) is 21.8 Å². The topological polar surface area (TPSA) is 111 Å². The SMILES string of the molecule is CC(C)C(CNC(=O)/C=C/c1ccc(F)cc1[N+](=O)[O-])NC(=O)OC(C)(C)C. The molecule has 0 spiro atoms. The van der Waals surface area contributed by atoms with Crippen molar-refractivity contribution in [1.82, 2.24) is 10.6 Å². The van der Waals surface area contributed by atoms with E-state index in [1.807, 2.05) is 13.8 Å². The first-order valence-corrected chi connectivity index (χ1v) is 8.78. The Morgan fingerprint density at radius 2 is 1.96 bits per heavy atom. The maximum Gasteiger partial charge on any atom is 0.407 e. The van der Waals surface area contributed by atoms with Gasteiger partial charge in [0, 0.05) is 12.6 Å². The Morgan fingerprint density at radius 1 is 1.32 bits per heavy atom. The van der Waals surface area contributed by atoms with Crippen molar-refractivity contribution in [1.29, 1.82) is 0 Å². The van der Waals surface area contributed by atoms with Crippen LogP contribution in [0.5, 0.6) is 0 Å². The highest BCUT2D eigenvalue weighted by atomic mass is 19.1. The molecular weight excluding hydrogens is 369 g/mol. The molecule has 0 saturated carbocycles. The van der Waals surface area contributed by atoms with Crippen LogP contribution in [-0.4, -0.2) is 35.1 Å². The Kier molecular flexibility index (Phi) is 8.09. The number of amides is 2. The summed E-state index contributed by atoms with van der Waals surface area (Å²) in [4.78, 5) is 34.2. The van der Waals surface area contributed by atoms with Gasteiger partial charge in [0.15, 0.2) is 0 Å². The number of hydrogen-bond donors (Lipinski definition) is 2. The summed E-state index contributed by atoms with van der Waals surface area (Å²) >= 11 is 0. The van der Waals surface area contributed by atoms with Gasteiger partial charge in [0.2, 0.25) is 5.91 Å². The lowest BCUT2D eigenvalue weighted by Gasteiger charge is -2.25. The third kappa shape index (κ3) is 8.15. The fourth-order valence-electron chi connectivity index (χ4n) is 2.16. The number of halogens is 1. The number of carbonyl (C=O) groups is 2. The number of nitrogens with zero attached hydrogens (tertiary/aromatic N) is 1. The lowest BCUT2D eigenvalue weighted by Crippen LogP contribution is -2.47. The lowest BCUT2D eigenvalue weighted by molar-refractivity contribution is -0.385. The summed E-state index contributed by atoms with van der Waals surface area (Å²) in [5.74, 6) is -1.22. The van der Waals surface area contributed by atoms with E-state index in [9.17, 15) is 24.1 Å². The number of benzene rings is 1. The quantitative estimate of drug-likeness (QED) is 0.418. The number of nitro groups is 1. The number of hydrogen-bond acceptors (Lipinski definition) is 5. The number of nitro benzene ring substituents is 1. The summed E-state index contributed by atoms with van der Waals surface area (Å²) < 4.78 is 18.4. The average Bonchev–Trinajstić information content (AvgIpc) is 2.55. The minimum Gasteiger partial charge on any atom is -0.444 e. The van der Waals surface area contributed by atoms with Gasteiger partial charge in [-0.3, -0.25) is 14.9 Å². The highest BCUT2D eigenvalue weighted by Crippen LogP contribution is 2.21. The van der Waals surface area contributed by atoms with Gasteiger partial charge < -0.3 is 15.4 Å². The van der Waals surface area contributed by atoms with Crippen LogP contribution in [0.2, 0.25) is 0 Å². The van der Waals surface area contributed by atoms with E-state index in [-0.39, 0.29) is 24.1 Å². The fourth-order valence-corrected chi connectivity index (χ4v) is 2.16. The Labute approximate surface area is 163 Å². The summed E-state index contributed by atoms with van der Waals surface area (Å²) in [6.45, 7) is 9.15. The van der Waals surface area contributed by atoms with Gasteiger partial charge in [-0.05, 0) is 44.9 Å². The number of nitrogens with one attached hydrogen (secondary N) is 2. The number of carbonyl (C=O) groups excluding carboxylic acids is 2. The Morgan fingerprint density at radius 3 is 2.50 bits per heavy atom. The predicted octanol–water partition coefficient (Wildman–Crippen LogP) is 3.41. The Hall–Kier alpha value is -2.97. The van der Waals surface area contributed by atoms with Gasteiger partial charge in [-0.2, -0.15) is 0 Å². The number of ether oxygens (including phenoxy) is 1. The van der Waals surface area contributed by atoms with E-state index in [2.05, 4.69) is 10.6 Å². The normalized spacial score (nSPS) is 12.7. The van der Waals surface area contributed by atoms with Crippen molar-refractivity contribution < 1.29 is 23.6 Å². The summed E-state index contributed by atoms with van der Waals surface area (Å²) in [5.41, 5.74) is -0.967. The molecule has 1 aromatic rings. The van der Waals surface area contributed by atoms with Crippen LogP contribution < -0.4 is 10.6 Å². The molecule has 8 nitrogen and oxygen atoms in total. The fraction of sp³-hybridized carbons (Fsp3) is 0.474. The first-order chi connectivity index (χ1) is 12.9. The molecule has 0 radical (unpaired) electrons. The van der Waals surface area contributed by atoms with E-state index in [1.165, 1.54) is 12.1 Å². The molecule has 1 atom stereocenters. The molecule has 0 aliphatic rings. The highest BCUT2D eigenvalue weighted by Gasteiger charge is 2.21. The van der Waals surface area contributed by atoms with Crippen LogP contribution in [0.3, 0.4) is 0 Å². The van der Waals surface area contributed by atoms with E-state index in [4.69, 9.17) is 4.74 Å². The van der Waals surface area contributed by atoms with E-state index in [1.54, 1.807) is 20.8 Å². The molecule has 0 heterocycles. The molecule has 154 valence electrons. The van der Waals surface area contributed by atoms with Crippen LogP contribution in [0.15, 0.2) is 24.3 Å². The van der Waals surface area contributed by atoms with Gasteiger partial charge in [-0.1, -0.05) is 13.8 Å². The van der Waals surface area contributed by atoms with E-state index in [0.717, 1.165) is 18.2 Å². The molecule has 0 bridgehead atoms. The zero-order valence-electron chi connectivity index (χ0n) is 16.6. The highest BCUT2D eigenvalue weighted by molar-refractivity contribution is 5.92. The molecule has 9 heteroatoms. The standard InChI is InChI=1S/C19H26FN3O5/c1-12(2)15(22-18(25)28-19(3,4)5)11-21-17(24)9-7-13-6-8-14(20)10-16(13)23(26)27/h6-10,12,15H,11H2,1-5H3,(H,21,24)(H,22,25)/b9-7+. The first kappa shape index (κ1) is 23.1. The van der Waals surface area contributed by atoms with Crippen molar-refractivity contribution in [2.45, 2.75) is 46.3 Å². The van der Waals surface area contributed by atoms with Crippen molar-refractivity contribution >= 4 is 23.8 Å². The second-order valence-corrected chi connectivity index (χ2v) is 7.54. The van der Waals surface area contributed by atoms with Crippen LogP contribution in [0.25, 0.3) is 6.08 Å². The summed E-state index contributed by atoms with van der Waals surface area (Å²) in [5, 5.41) is 16.3. The molecule has 0 aliphatic heterocycles. The molecule has 28 heavy (non-hydrogen) atoms. The Bertz CT molecular complexity index is 756. The minimum absolute atomic E-state index is 0.0231. The molecular formula is C19H26FN3O5. The van der Waals surface area contributed by atoms with Crippen LogP contribution in [0.1, 0.15) is 40.2 Å². The third-order valence-corrected chi connectivity index (χ3v) is 3.61. The molecule has 0 fully saturated rings. The van der Waals surface area contributed by atoms with Gasteiger partial charge >= 0.3 is 6.09 Å². The molecule has 0 aliphatic carbocycles. The van der Waals surface area contributed by atoms with Crippen LogP contribution >= 0.6 is 0 Å². The molecule has 1 aromatic carbocycles. The zero-order chi connectivity index (χ0) is 21.5. The lowest BCUT2D eigenvalue weighted by atomic mass is 10.0. The smallest absolute Gasteiger partial charge is 0.407 e. The van der Waals surface area contributed by atoms with Crippen LogP contribution in [0.4, 0.5) is 14.9 Å². The first-order valence-electron chi connectivity index (χ1n) is 8.78. The molecule has 1 rings (SSSR count). The summed E-state index contributed by atoms with van der Waals surface area (Å²) in [7, 11) is 0. The van der Waals surface area contributed by atoms with Gasteiger partial charge in [0.25, 0.3) is 5.69 Å². The monoisotopic (exact) mass is 395 g/mol. The average molecular weight is 395 g/mol. The van der Waals surface area contributed by atoms with Crippen molar-refractivity contribution in [3.63, 3.8) is 0 Å². The second kappa shape index (κ2) is 9.82. The molecule has 0 saturated heterocycles. The van der Waals surface area contributed by atoms with Gasteiger partial charge in [-0.15, -0.1) is 0 Å². The predicted molar refractivity (Wildman–Crippen MR) is 103 cm³/mol. The second-order valence-electron chi connectivity index (χ2n) is 7.54. The zero-order valence-corrected chi connectivity index (χ0v) is 16.6. The maximum absolute atomic E-state index is 13.1. The van der Waals surface area contributed by atoms with Gasteiger partial charge in [0.05, 0.1) is 22.6 Å². The van der Waals surface area contributed by atoms with Gasteiger partial charge in [-0.25, -0.2) is 9.18 Å². The number of alkyl carbamates (subject to hydrolysis) is 1. The summed E-state index contributed by atoms with van der Waals surface area (Å²) in [6.07, 6.45) is 1.77. The van der Waals surface area contributed by atoms with E-state index in [0.29, 0.717) is 0 Å². The van der Waals surface area contributed by atoms with E-state index < -0.39 is 34.0 Å². The Balaban J connectivity index is 2.70. The van der Waals surface area contributed by atoms with Crippen molar-refractivity contribution in [2.75, 3.05) is 6.54 Å². The number of rotatable bonds is 7. The van der Waals surface area contributed by atoms with Crippen molar-refractivity contribution in [3.05, 3.63) is 45.8 Å². The maximum atomic E-state index is 13.1. The third-order valence-electron chi connectivity index (χ3n) is 3.61. The largest absolute Gasteiger partial charge is 0.444 e. The molecule has 1 unspecified atom stereocenters. The minimum atomic E-state index is -0.735. The van der Waals surface area contributed by atoms with Crippen LogP contribution in [-0.2, 0) is 9.53 Å². The van der Waals surface area contributed by atoms with E-state index >= 15 is 0 Å². The van der Waals surface area contributed by atoms with Gasteiger partial charge in [0.1, 0.15) is 11.4 Å². The summed E-state index contributed by atoms with van der Waals surface area (Å²) in [6, 6.07) is 2.71. The van der Waals surface area contributed by atoms with Crippen molar-refractivity contribution in [3.8, 4) is 0 Å². The molecule has 2 amide bonds. The molecule has 0 aromatic heterocycles. The molecule has 2 N–H and O–H groups in total. The van der Waals surface area contributed by atoms with Crippen molar-refractivity contribution in [2.24, 2.45) is 5.92 Å².